The second kappa shape index (κ2) is 67.6. The molecule has 0 saturated heterocycles. The van der Waals surface area contributed by atoms with Crippen LogP contribution in [0.3, 0.4) is 0 Å². The number of hydrogen-bond donors (Lipinski definition) is 3. The van der Waals surface area contributed by atoms with Crippen molar-refractivity contribution in [3.05, 3.63) is 0 Å². The van der Waals surface area contributed by atoms with Gasteiger partial charge >= 0.3 is 39.5 Å². The molecule has 0 radical (unpaired) electrons. The number of aliphatic hydroxyl groups is 1. The number of rotatable bonds is 74. The number of phosphoric ester groups is 2. The first kappa shape index (κ1) is 90.1. The van der Waals surface area contributed by atoms with E-state index >= 15 is 0 Å². The zero-order chi connectivity index (χ0) is 67.5. The molecule has 2 unspecified atom stereocenters. The van der Waals surface area contributed by atoms with Crippen molar-refractivity contribution in [2.24, 2.45) is 0 Å². The smallest absolute Gasteiger partial charge is 0.462 e. The molecular formula is C73H142O17P2. The van der Waals surface area contributed by atoms with Gasteiger partial charge in [0.1, 0.15) is 19.3 Å². The van der Waals surface area contributed by atoms with Crippen molar-refractivity contribution >= 4 is 39.5 Å². The van der Waals surface area contributed by atoms with Gasteiger partial charge in [-0.2, -0.15) is 0 Å². The summed E-state index contributed by atoms with van der Waals surface area (Å²) in [5.41, 5.74) is 0. The quantitative estimate of drug-likeness (QED) is 0.0222. The molecule has 0 spiro atoms. The van der Waals surface area contributed by atoms with Crippen LogP contribution >= 0.6 is 15.6 Å². The molecule has 0 aromatic heterocycles. The summed E-state index contributed by atoms with van der Waals surface area (Å²) >= 11 is 0. The van der Waals surface area contributed by atoms with E-state index in [-0.39, 0.29) is 25.7 Å². The standard InChI is InChI=1S/C73H142O17P2/c1-5-9-13-17-21-25-28-31-32-33-34-35-38-41-44-48-52-56-60-73(78)90-69(64-84-71(76)58-54-50-46-42-39-36-29-26-22-18-14-10-6-2)66-88-92(81,82)86-62-67(74)61-85-91(79,80)87-65-68(63-83-70(75)57-53-49-45-24-20-16-12-8-4)89-72(77)59-55-51-47-43-40-37-30-27-23-19-15-11-7-3/h67-69,74H,5-66H2,1-4H3,(H,79,80)(H,81,82)/t67-,68+,69+/m0/s1. The van der Waals surface area contributed by atoms with Crippen molar-refractivity contribution in [2.45, 2.75) is 406 Å². The maximum absolute atomic E-state index is 13.1. The molecule has 546 valence electrons. The molecule has 19 heteroatoms. The predicted molar refractivity (Wildman–Crippen MR) is 372 cm³/mol. The minimum atomic E-state index is -4.95. The topological polar surface area (TPSA) is 237 Å². The first-order chi connectivity index (χ1) is 44.7. The zero-order valence-corrected chi connectivity index (χ0v) is 61.3. The summed E-state index contributed by atoms with van der Waals surface area (Å²) in [6.45, 7) is 4.95. The van der Waals surface area contributed by atoms with E-state index in [4.69, 9.17) is 37.0 Å². The first-order valence-electron chi connectivity index (χ1n) is 38.3. The normalized spacial score (nSPS) is 13.9. The molecule has 92 heavy (non-hydrogen) atoms. The first-order valence-corrected chi connectivity index (χ1v) is 41.3. The molecule has 0 fully saturated rings. The Balaban J connectivity index is 5.20. The molecule has 3 N–H and O–H groups in total. The Labute approximate surface area is 562 Å². The summed E-state index contributed by atoms with van der Waals surface area (Å²) in [4.78, 5) is 72.6. The van der Waals surface area contributed by atoms with Gasteiger partial charge in [0.05, 0.1) is 26.4 Å². The number of esters is 4. The second-order valence-corrected chi connectivity index (χ2v) is 29.2. The maximum Gasteiger partial charge on any atom is 0.472 e. The molecule has 17 nitrogen and oxygen atoms in total. The number of carbonyl (C=O) groups excluding carboxylic acids is 4. The van der Waals surface area contributed by atoms with E-state index in [9.17, 15) is 43.2 Å². The highest BCUT2D eigenvalue weighted by Gasteiger charge is 2.30. The Morgan fingerprint density at radius 3 is 0.641 bits per heavy atom. The summed E-state index contributed by atoms with van der Waals surface area (Å²) in [6, 6.07) is 0. The van der Waals surface area contributed by atoms with Gasteiger partial charge in [-0.1, -0.05) is 336 Å². The lowest BCUT2D eigenvalue weighted by molar-refractivity contribution is -0.161. The minimum absolute atomic E-state index is 0.108. The largest absolute Gasteiger partial charge is 0.472 e. The van der Waals surface area contributed by atoms with Gasteiger partial charge in [0.15, 0.2) is 12.2 Å². The fraction of sp³-hybridized carbons (Fsp3) is 0.945. The van der Waals surface area contributed by atoms with E-state index in [1.165, 1.54) is 218 Å². The maximum atomic E-state index is 13.1. The van der Waals surface area contributed by atoms with Crippen molar-refractivity contribution in [3.63, 3.8) is 0 Å². The van der Waals surface area contributed by atoms with Crippen molar-refractivity contribution in [3.8, 4) is 0 Å². The van der Waals surface area contributed by atoms with Gasteiger partial charge in [0, 0.05) is 25.7 Å². The SMILES string of the molecule is CCCCCCCCCCCCCCCCCCCCC(=O)O[C@H](COC(=O)CCCCCCCCCCCCCCC)COP(=O)(O)OC[C@@H](O)COP(=O)(O)OC[C@@H](COC(=O)CCCCCCCCCC)OC(=O)CCCCCCCCCCCCCCC. The van der Waals surface area contributed by atoms with E-state index in [2.05, 4.69) is 27.7 Å². The van der Waals surface area contributed by atoms with E-state index in [1.807, 2.05) is 0 Å². The molecular weight excluding hydrogens is 1210 g/mol. The summed E-state index contributed by atoms with van der Waals surface area (Å²) in [5.74, 6) is -2.12. The van der Waals surface area contributed by atoms with Gasteiger partial charge in [-0.25, -0.2) is 9.13 Å². The number of ether oxygens (including phenoxy) is 4. The van der Waals surface area contributed by atoms with E-state index in [0.717, 1.165) is 89.9 Å². The second-order valence-electron chi connectivity index (χ2n) is 26.3. The lowest BCUT2D eigenvalue weighted by Gasteiger charge is -2.21. The Kier molecular flexibility index (Phi) is 66.2. The minimum Gasteiger partial charge on any atom is -0.462 e. The Morgan fingerprint density at radius 1 is 0.261 bits per heavy atom. The molecule has 0 saturated carbocycles. The third kappa shape index (κ3) is 66.7. The van der Waals surface area contributed by atoms with Gasteiger partial charge in [-0.05, 0) is 25.7 Å². The molecule has 0 amide bonds. The van der Waals surface area contributed by atoms with Crippen molar-refractivity contribution < 1.29 is 80.2 Å². The van der Waals surface area contributed by atoms with Crippen LogP contribution in [0.1, 0.15) is 387 Å². The number of hydrogen-bond acceptors (Lipinski definition) is 15. The molecule has 0 rings (SSSR count). The van der Waals surface area contributed by atoms with Crippen LogP contribution in [0.15, 0.2) is 0 Å². The highest BCUT2D eigenvalue weighted by atomic mass is 31.2. The van der Waals surface area contributed by atoms with Gasteiger partial charge < -0.3 is 33.8 Å². The fourth-order valence-electron chi connectivity index (χ4n) is 11.2. The van der Waals surface area contributed by atoms with Crippen LogP contribution in [-0.2, 0) is 65.4 Å². The van der Waals surface area contributed by atoms with Crippen molar-refractivity contribution in [1.29, 1.82) is 0 Å². The highest BCUT2D eigenvalue weighted by Crippen LogP contribution is 2.45. The van der Waals surface area contributed by atoms with Gasteiger partial charge in [-0.15, -0.1) is 0 Å². The average molecular weight is 1350 g/mol. The summed E-state index contributed by atoms with van der Waals surface area (Å²) in [5, 5.41) is 10.6. The van der Waals surface area contributed by atoms with Crippen LogP contribution in [-0.4, -0.2) is 96.7 Å². The van der Waals surface area contributed by atoms with E-state index in [0.29, 0.717) is 25.7 Å². The highest BCUT2D eigenvalue weighted by molar-refractivity contribution is 7.47. The Morgan fingerprint density at radius 2 is 0.435 bits per heavy atom. The van der Waals surface area contributed by atoms with Crippen LogP contribution in [0.2, 0.25) is 0 Å². The molecule has 0 aromatic carbocycles. The monoisotopic (exact) mass is 1350 g/mol. The van der Waals surface area contributed by atoms with Gasteiger partial charge in [-0.3, -0.25) is 37.3 Å². The Hall–Kier alpha value is -1.94. The molecule has 0 heterocycles. The zero-order valence-electron chi connectivity index (χ0n) is 59.5. The third-order valence-electron chi connectivity index (χ3n) is 17.1. The van der Waals surface area contributed by atoms with Gasteiger partial charge in [0.25, 0.3) is 0 Å². The van der Waals surface area contributed by atoms with Crippen molar-refractivity contribution in [1.82, 2.24) is 0 Å². The predicted octanol–water partition coefficient (Wildman–Crippen LogP) is 21.4. The number of aliphatic hydroxyl groups excluding tert-OH is 1. The van der Waals surface area contributed by atoms with E-state index in [1.54, 1.807) is 0 Å². The molecule has 0 aliphatic carbocycles. The number of unbranched alkanes of at least 4 members (excludes halogenated alkanes) is 48. The number of phosphoric acid groups is 2. The van der Waals surface area contributed by atoms with Crippen LogP contribution in [0.5, 0.6) is 0 Å². The van der Waals surface area contributed by atoms with Crippen molar-refractivity contribution in [2.75, 3.05) is 39.6 Å². The average Bonchev–Trinajstić information content (AvgIpc) is 3.74. The van der Waals surface area contributed by atoms with Gasteiger partial charge in [0.2, 0.25) is 0 Å². The summed E-state index contributed by atoms with van der Waals surface area (Å²) < 4.78 is 68.4. The molecule has 0 bridgehead atoms. The molecule has 0 aliphatic rings. The van der Waals surface area contributed by atoms with Crippen LogP contribution in [0.4, 0.5) is 0 Å². The molecule has 0 aromatic rings. The van der Waals surface area contributed by atoms with Crippen LogP contribution < -0.4 is 0 Å². The lowest BCUT2D eigenvalue weighted by atomic mass is 10.0. The summed E-state index contributed by atoms with van der Waals surface area (Å²) in [7, 11) is -9.90. The van der Waals surface area contributed by atoms with Crippen LogP contribution in [0.25, 0.3) is 0 Å². The van der Waals surface area contributed by atoms with Crippen LogP contribution in [0, 0.1) is 0 Å². The third-order valence-corrected chi connectivity index (χ3v) is 19.0. The molecule has 5 atom stereocenters. The summed E-state index contributed by atoms with van der Waals surface area (Å²) in [6.07, 6.45) is 56.8. The lowest BCUT2D eigenvalue weighted by Crippen LogP contribution is -2.30. The Bertz CT molecular complexity index is 1760. The molecule has 0 aliphatic heterocycles. The fourth-order valence-corrected chi connectivity index (χ4v) is 12.8. The van der Waals surface area contributed by atoms with E-state index < -0.39 is 97.5 Å². The number of carbonyl (C=O) groups is 4.